The van der Waals surface area contributed by atoms with Gasteiger partial charge >= 0.3 is 5.97 Å². The van der Waals surface area contributed by atoms with Crippen LogP contribution in [0.2, 0.25) is 5.02 Å². The fourth-order valence-corrected chi connectivity index (χ4v) is 4.37. The molecule has 106 valence electrons. The van der Waals surface area contributed by atoms with Crippen molar-refractivity contribution in [2.24, 2.45) is 5.92 Å². The van der Waals surface area contributed by atoms with Gasteiger partial charge in [-0.15, -0.1) is 11.3 Å². The highest BCUT2D eigenvalue weighted by Crippen LogP contribution is 2.36. The SMILES string of the molecule is O=C(O)CC1CCN(Cc2sc3ccccc3c2Cl)C1. The number of nitrogens with zero attached hydrogens (tertiary/aromatic N) is 1. The second-order valence-electron chi connectivity index (χ2n) is 5.32. The molecule has 1 N–H and O–H groups in total. The molecule has 1 saturated heterocycles. The summed E-state index contributed by atoms with van der Waals surface area (Å²) in [7, 11) is 0. The Hall–Kier alpha value is -1.10. The van der Waals surface area contributed by atoms with Gasteiger partial charge in [0, 0.05) is 34.5 Å². The van der Waals surface area contributed by atoms with Crippen molar-refractivity contribution in [3.05, 3.63) is 34.2 Å². The fourth-order valence-electron chi connectivity index (χ4n) is 2.84. The normalized spacial score (nSPS) is 19.8. The van der Waals surface area contributed by atoms with Gasteiger partial charge in [-0.3, -0.25) is 9.69 Å². The highest BCUT2D eigenvalue weighted by atomic mass is 35.5. The molecule has 0 aliphatic carbocycles. The second-order valence-corrected chi connectivity index (χ2v) is 6.84. The number of rotatable bonds is 4. The summed E-state index contributed by atoms with van der Waals surface area (Å²) < 4.78 is 1.22. The number of carbonyl (C=O) groups is 1. The Morgan fingerprint density at radius 2 is 2.25 bits per heavy atom. The molecule has 0 bridgehead atoms. The standard InChI is InChI=1S/C15H16ClNO2S/c16-15-11-3-1-2-4-12(11)20-13(15)9-17-6-5-10(8-17)7-14(18)19/h1-4,10H,5-9H2,(H,18,19). The van der Waals surface area contributed by atoms with E-state index in [-0.39, 0.29) is 12.3 Å². The summed E-state index contributed by atoms with van der Waals surface area (Å²) in [4.78, 5) is 14.2. The van der Waals surface area contributed by atoms with Crippen molar-refractivity contribution in [1.82, 2.24) is 4.90 Å². The van der Waals surface area contributed by atoms with Gasteiger partial charge < -0.3 is 5.11 Å². The first-order valence-electron chi connectivity index (χ1n) is 6.73. The first-order valence-corrected chi connectivity index (χ1v) is 7.93. The maximum atomic E-state index is 10.8. The van der Waals surface area contributed by atoms with Crippen LogP contribution >= 0.6 is 22.9 Å². The minimum absolute atomic E-state index is 0.274. The van der Waals surface area contributed by atoms with Crippen LogP contribution in [-0.4, -0.2) is 29.1 Å². The summed E-state index contributed by atoms with van der Waals surface area (Å²) in [5.74, 6) is -0.419. The average Bonchev–Trinajstić information content (AvgIpc) is 2.96. The van der Waals surface area contributed by atoms with Gasteiger partial charge in [0.25, 0.3) is 0 Å². The van der Waals surface area contributed by atoms with Gasteiger partial charge in [-0.05, 0) is 24.9 Å². The molecule has 3 rings (SSSR count). The number of hydrogen-bond acceptors (Lipinski definition) is 3. The maximum Gasteiger partial charge on any atom is 0.303 e. The Morgan fingerprint density at radius 3 is 3.00 bits per heavy atom. The number of aliphatic carboxylic acids is 1. The average molecular weight is 310 g/mol. The van der Waals surface area contributed by atoms with Crippen LogP contribution in [0.4, 0.5) is 0 Å². The van der Waals surface area contributed by atoms with Gasteiger partial charge in [-0.25, -0.2) is 0 Å². The van der Waals surface area contributed by atoms with E-state index in [0.29, 0.717) is 0 Å². The monoisotopic (exact) mass is 309 g/mol. The number of carboxylic acids is 1. The molecule has 1 atom stereocenters. The lowest BCUT2D eigenvalue weighted by molar-refractivity contribution is -0.138. The number of hydrogen-bond donors (Lipinski definition) is 1. The van der Waals surface area contributed by atoms with Gasteiger partial charge in [0.15, 0.2) is 0 Å². The summed E-state index contributed by atoms with van der Waals surface area (Å²) in [5.41, 5.74) is 0. The molecule has 0 saturated carbocycles. The van der Waals surface area contributed by atoms with Crippen LogP contribution in [0.15, 0.2) is 24.3 Å². The van der Waals surface area contributed by atoms with Crippen LogP contribution in [0.1, 0.15) is 17.7 Å². The van der Waals surface area contributed by atoms with Crippen molar-refractivity contribution in [2.75, 3.05) is 13.1 Å². The van der Waals surface area contributed by atoms with E-state index < -0.39 is 5.97 Å². The topological polar surface area (TPSA) is 40.5 Å². The van der Waals surface area contributed by atoms with Crippen LogP contribution in [-0.2, 0) is 11.3 Å². The summed E-state index contributed by atoms with van der Waals surface area (Å²) in [6.45, 7) is 2.65. The molecule has 1 aromatic heterocycles. The second kappa shape index (κ2) is 5.72. The Kier molecular flexibility index (Phi) is 3.96. The Balaban J connectivity index is 1.71. The molecule has 20 heavy (non-hydrogen) atoms. The highest BCUT2D eigenvalue weighted by Gasteiger charge is 2.25. The van der Waals surface area contributed by atoms with Gasteiger partial charge in [0.1, 0.15) is 0 Å². The Morgan fingerprint density at radius 1 is 1.45 bits per heavy atom. The van der Waals surface area contributed by atoms with Crippen molar-refractivity contribution in [1.29, 1.82) is 0 Å². The van der Waals surface area contributed by atoms with Crippen LogP contribution in [0.5, 0.6) is 0 Å². The van der Waals surface area contributed by atoms with E-state index >= 15 is 0 Å². The van der Waals surface area contributed by atoms with Crippen LogP contribution in [0.25, 0.3) is 10.1 Å². The van der Waals surface area contributed by atoms with E-state index in [1.54, 1.807) is 11.3 Å². The van der Waals surface area contributed by atoms with Crippen molar-refractivity contribution in [3.63, 3.8) is 0 Å². The van der Waals surface area contributed by atoms with E-state index in [9.17, 15) is 4.79 Å². The molecule has 3 nitrogen and oxygen atoms in total. The number of likely N-dealkylation sites (tertiary alicyclic amines) is 1. The third kappa shape index (κ3) is 2.82. The predicted molar refractivity (Wildman–Crippen MR) is 82.5 cm³/mol. The zero-order valence-corrected chi connectivity index (χ0v) is 12.6. The molecule has 0 radical (unpaired) electrons. The summed E-state index contributed by atoms with van der Waals surface area (Å²) in [6.07, 6.45) is 1.24. The first-order chi connectivity index (χ1) is 9.63. The number of fused-ring (bicyclic) bond motifs is 1. The largest absolute Gasteiger partial charge is 0.481 e. The predicted octanol–water partition coefficient (Wildman–Crippen LogP) is 3.85. The minimum Gasteiger partial charge on any atom is -0.481 e. The number of thiophene rings is 1. The highest BCUT2D eigenvalue weighted by molar-refractivity contribution is 7.19. The third-order valence-corrected chi connectivity index (χ3v) is 5.50. The van der Waals surface area contributed by atoms with Crippen molar-refractivity contribution in [2.45, 2.75) is 19.4 Å². The van der Waals surface area contributed by atoms with E-state index in [1.165, 1.54) is 9.58 Å². The zero-order chi connectivity index (χ0) is 14.1. The van der Waals surface area contributed by atoms with Crippen LogP contribution in [0.3, 0.4) is 0 Å². The third-order valence-electron chi connectivity index (χ3n) is 3.80. The van der Waals surface area contributed by atoms with Gasteiger partial charge in [-0.1, -0.05) is 29.8 Å². The number of benzene rings is 1. The molecule has 0 spiro atoms. The van der Waals surface area contributed by atoms with Gasteiger partial charge in [0.05, 0.1) is 5.02 Å². The molecule has 2 heterocycles. The molecular weight excluding hydrogens is 294 g/mol. The molecule has 5 heteroatoms. The van der Waals surface area contributed by atoms with E-state index in [0.717, 1.165) is 36.5 Å². The summed E-state index contributed by atoms with van der Waals surface area (Å²) >= 11 is 8.18. The van der Waals surface area contributed by atoms with E-state index in [1.807, 2.05) is 12.1 Å². The molecule has 1 unspecified atom stereocenters. The van der Waals surface area contributed by atoms with Gasteiger partial charge in [0.2, 0.25) is 0 Å². The Labute approximate surface area is 126 Å². The number of halogens is 1. The van der Waals surface area contributed by atoms with E-state index in [4.69, 9.17) is 16.7 Å². The summed E-state index contributed by atoms with van der Waals surface area (Å²) in [6, 6.07) is 8.17. The number of carboxylic acid groups (broad SMARTS) is 1. The maximum absolute atomic E-state index is 10.8. The van der Waals surface area contributed by atoms with Crippen molar-refractivity contribution < 1.29 is 9.90 Å². The fraction of sp³-hybridized carbons (Fsp3) is 0.400. The minimum atomic E-state index is -0.697. The molecule has 1 fully saturated rings. The van der Waals surface area contributed by atoms with Crippen LogP contribution < -0.4 is 0 Å². The summed E-state index contributed by atoms with van der Waals surface area (Å²) in [5, 5.41) is 10.8. The lowest BCUT2D eigenvalue weighted by Crippen LogP contribution is -2.20. The van der Waals surface area contributed by atoms with Crippen LogP contribution in [0, 0.1) is 5.92 Å². The lowest BCUT2D eigenvalue weighted by atomic mass is 10.1. The molecule has 1 aliphatic heterocycles. The molecule has 0 amide bonds. The lowest BCUT2D eigenvalue weighted by Gasteiger charge is -2.14. The smallest absolute Gasteiger partial charge is 0.303 e. The molecule has 1 aliphatic rings. The zero-order valence-electron chi connectivity index (χ0n) is 11.0. The molecule has 1 aromatic carbocycles. The van der Waals surface area contributed by atoms with Crippen molar-refractivity contribution in [3.8, 4) is 0 Å². The van der Waals surface area contributed by atoms with Gasteiger partial charge in [-0.2, -0.15) is 0 Å². The van der Waals surface area contributed by atoms with E-state index in [2.05, 4.69) is 17.0 Å². The first kappa shape index (κ1) is 13.9. The van der Waals surface area contributed by atoms with Crippen molar-refractivity contribution >= 4 is 39.0 Å². The Bertz CT molecular complexity index is 640. The molecular formula is C15H16ClNO2S. The quantitative estimate of drug-likeness (QED) is 0.932. The molecule has 2 aromatic rings.